The summed E-state index contributed by atoms with van der Waals surface area (Å²) in [6.45, 7) is 4.62. The fourth-order valence-electron chi connectivity index (χ4n) is 2.62. The molecule has 0 amide bonds. The largest absolute Gasteiger partial charge is 0.490 e. The van der Waals surface area contributed by atoms with E-state index in [1.807, 2.05) is 0 Å². The predicted octanol–water partition coefficient (Wildman–Crippen LogP) is 3.67. The topological polar surface area (TPSA) is 30.5 Å². The minimum Gasteiger partial charge on any atom is -0.490 e. The third kappa shape index (κ3) is 2.90. The van der Waals surface area contributed by atoms with Crippen molar-refractivity contribution >= 4 is 15.9 Å². The summed E-state index contributed by atoms with van der Waals surface area (Å²) >= 11 is 3.69. The van der Waals surface area contributed by atoms with Gasteiger partial charge in [-0.15, -0.1) is 0 Å². The van der Waals surface area contributed by atoms with Crippen LogP contribution in [0.2, 0.25) is 0 Å². The molecule has 3 rings (SSSR count). The van der Waals surface area contributed by atoms with Crippen LogP contribution in [0, 0.1) is 5.92 Å². The van der Waals surface area contributed by atoms with E-state index in [-0.39, 0.29) is 0 Å². The second kappa shape index (κ2) is 5.71. The highest BCUT2D eigenvalue weighted by Crippen LogP contribution is 2.45. The Balaban J connectivity index is 1.93. The monoisotopic (exact) mass is 325 g/mol. The van der Waals surface area contributed by atoms with Gasteiger partial charge in [0.1, 0.15) is 0 Å². The number of fused-ring (bicyclic) bond motifs is 1. The third-order valence-electron chi connectivity index (χ3n) is 3.72. The Labute approximate surface area is 122 Å². The Morgan fingerprint density at radius 3 is 2.58 bits per heavy atom. The minimum absolute atomic E-state index is 0.427. The van der Waals surface area contributed by atoms with Gasteiger partial charge in [-0.25, -0.2) is 0 Å². The summed E-state index contributed by atoms with van der Waals surface area (Å²) in [6.07, 6.45) is 3.58. The molecule has 1 heterocycles. The number of nitrogens with one attached hydrogen (secondary N) is 1. The lowest BCUT2D eigenvalue weighted by Crippen LogP contribution is -2.23. The van der Waals surface area contributed by atoms with E-state index < -0.39 is 0 Å². The maximum atomic E-state index is 5.80. The maximum absolute atomic E-state index is 5.80. The average Bonchev–Trinajstić information content (AvgIpc) is 3.22. The molecule has 1 aliphatic heterocycles. The zero-order valence-electron chi connectivity index (χ0n) is 11.2. The van der Waals surface area contributed by atoms with Crippen LogP contribution in [-0.4, -0.2) is 19.8 Å². The lowest BCUT2D eigenvalue weighted by atomic mass is 10.0. The molecular formula is C15H20BrNO2. The summed E-state index contributed by atoms with van der Waals surface area (Å²) in [4.78, 5) is 0. The number of hydrogen-bond acceptors (Lipinski definition) is 3. The highest BCUT2D eigenvalue weighted by atomic mass is 79.9. The van der Waals surface area contributed by atoms with Crippen molar-refractivity contribution in [2.45, 2.75) is 32.2 Å². The van der Waals surface area contributed by atoms with E-state index in [9.17, 15) is 0 Å². The molecular weight excluding hydrogens is 306 g/mol. The van der Waals surface area contributed by atoms with Crippen LogP contribution in [-0.2, 0) is 0 Å². The van der Waals surface area contributed by atoms with Crippen molar-refractivity contribution in [3.63, 3.8) is 0 Å². The van der Waals surface area contributed by atoms with Crippen molar-refractivity contribution in [1.82, 2.24) is 5.32 Å². The van der Waals surface area contributed by atoms with Crippen LogP contribution in [0.5, 0.6) is 11.5 Å². The first-order chi connectivity index (χ1) is 9.29. The first kappa shape index (κ1) is 13.3. The average molecular weight is 326 g/mol. The molecule has 1 aromatic carbocycles. The lowest BCUT2D eigenvalue weighted by molar-refractivity contribution is 0.297. The molecule has 19 heavy (non-hydrogen) atoms. The Bertz CT molecular complexity index is 460. The molecule has 0 saturated heterocycles. The van der Waals surface area contributed by atoms with E-state index in [1.54, 1.807) is 0 Å². The van der Waals surface area contributed by atoms with Crippen LogP contribution in [0.1, 0.15) is 37.8 Å². The number of hydrogen-bond donors (Lipinski definition) is 1. The van der Waals surface area contributed by atoms with Gasteiger partial charge in [0.25, 0.3) is 0 Å². The van der Waals surface area contributed by atoms with E-state index >= 15 is 0 Å². The SMILES string of the molecule is CCNC(c1cc2c(cc1Br)OCCCO2)C1CC1. The van der Waals surface area contributed by atoms with Gasteiger partial charge in [0.05, 0.1) is 13.2 Å². The van der Waals surface area contributed by atoms with Gasteiger partial charge in [-0.3, -0.25) is 0 Å². The van der Waals surface area contributed by atoms with Crippen molar-refractivity contribution in [3.05, 3.63) is 22.2 Å². The molecule has 1 fully saturated rings. The van der Waals surface area contributed by atoms with Crippen molar-refractivity contribution in [2.24, 2.45) is 5.92 Å². The third-order valence-corrected chi connectivity index (χ3v) is 4.41. The summed E-state index contributed by atoms with van der Waals surface area (Å²) in [5.74, 6) is 2.51. The zero-order chi connectivity index (χ0) is 13.2. The van der Waals surface area contributed by atoms with Crippen LogP contribution in [0.4, 0.5) is 0 Å². The highest BCUT2D eigenvalue weighted by Gasteiger charge is 2.33. The van der Waals surface area contributed by atoms with E-state index in [1.165, 1.54) is 18.4 Å². The maximum Gasteiger partial charge on any atom is 0.162 e. The van der Waals surface area contributed by atoms with Crippen molar-refractivity contribution in [2.75, 3.05) is 19.8 Å². The minimum atomic E-state index is 0.427. The molecule has 0 spiro atoms. The van der Waals surface area contributed by atoms with Crippen molar-refractivity contribution in [3.8, 4) is 11.5 Å². The first-order valence-corrected chi connectivity index (χ1v) is 7.91. The second-order valence-corrected chi connectivity index (χ2v) is 6.10. The molecule has 4 heteroatoms. The van der Waals surface area contributed by atoms with Gasteiger partial charge in [0.15, 0.2) is 11.5 Å². The van der Waals surface area contributed by atoms with E-state index in [2.05, 4.69) is 40.3 Å². The molecule has 1 atom stereocenters. The summed E-state index contributed by atoms with van der Waals surface area (Å²) in [7, 11) is 0. The van der Waals surface area contributed by atoms with Crippen LogP contribution in [0.15, 0.2) is 16.6 Å². The van der Waals surface area contributed by atoms with Crippen molar-refractivity contribution < 1.29 is 9.47 Å². The van der Waals surface area contributed by atoms with Gasteiger partial charge >= 0.3 is 0 Å². The quantitative estimate of drug-likeness (QED) is 0.916. The molecule has 0 radical (unpaired) electrons. The Hall–Kier alpha value is -0.740. The molecule has 2 aliphatic rings. The first-order valence-electron chi connectivity index (χ1n) is 7.12. The van der Waals surface area contributed by atoms with Crippen LogP contribution >= 0.6 is 15.9 Å². The van der Waals surface area contributed by atoms with Crippen LogP contribution < -0.4 is 14.8 Å². The molecule has 0 bridgehead atoms. The molecule has 1 unspecified atom stereocenters. The second-order valence-electron chi connectivity index (χ2n) is 5.24. The van der Waals surface area contributed by atoms with Gasteiger partial charge in [-0.05, 0) is 43.0 Å². The van der Waals surface area contributed by atoms with Gasteiger partial charge in [-0.1, -0.05) is 22.9 Å². The lowest BCUT2D eigenvalue weighted by Gasteiger charge is -2.21. The molecule has 3 nitrogen and oxygen atoms in total. The summed E-state index contributed by atoms with van der Waals surface area (Å²) in [6, 6.07) is 4.63. The predicted molar refractivity (Wildman–Crippen MR) is 78.9 cm³/mol. The molecule has 1 aromatic rings. The Kier molecular flexibility index (Phi) is 3.99. The summed E-state index contributed by atoms with van der Waals surface area (Å²) < 4.78 is 12.6. The smallest absolute Gasteiger partial charge is 0.162 e. The molecule has 104 valence electrons. The number of ether oxygens (including phenoxy) is 2. The standard InChI is InChI=1S/C15H20BrNO2/c1-2-17-15(10-4-5-10)11-8-13-14(9-12(11)16)19-7-3-6-18-13/h8-10,15,17H,2-7H2,1H3. The zero-order valence-corrected chi connectivity index (χ0v) is 12.8. The number of halogens is 1. The Morgan fingerprint density at radius 1 is 1.26 bits per heavy atom. The number of benzene rings is 1. The van der Waals surface area contributed by atoms with Gasteiger partial charge in [-0.2, -0.15) is 0 Å². The number of rotatable bonds is 4. The molecule has 0 aromatic heterocycles. The van der Waals surface area contributed by atoms with E-state index in [0.29, 0.717) is 6.04 Å². The molecule has 1 aliphatic carbocycles. The molecule has 1 N–H and O–H groups in total. The van der Waals surface area contributed by atoms with Crippen LogP contribution in [0.25, 0.3) is 0 Å². The van der Waals surface area contributed by atoms with Gasteiger partial charge in [0, 0.05) is 16.9 Å². The summed E-state index contributed by atoms with van der Waals surface area (Å²) in [5, 5.41) is 3.60. The molecule has 1 saturated carbocycles. The van der Waals surface area contributed by atoms with Crippen LogP contribution in [0.3, 0.4) is 0 Å². The normalized spacial score (nSPS) is 19.9. The van der Waals surface area contributed by atoms with Crippen molar-refractivity contribution in [1.29, 1.82) is 0 Å². The Morgan fingerprint density at radius 2 is 1.95 bits per heavy atom. The van der Waals surface area contributed by atoms with Gasteiger partial charge < -0.3 is 14.8 Å². The van der Waals surface area contributed by atoms with E-state index in [0.717, 1.165) is 48.1 Å². The summed E-state index contributed by atoms with van der Waals surface area (Å²) in [5.41, 5.74) is 1.30. The van der Waals surface area contributed by atoms with E-state index in [4.69, 9.17) is 9.47 Å². The fraction of sp³-hybridized carbons (Fsp3) is 0.600. The fourth-order valence-corrected chi connectivity index (χ4v) is 3.19. The highest BCUT2D eigenvalue weighted by molar-refractivity contribution is 9.10. The van der Waals surface area contributed by atoms with Gasteiger partial charge in [0.2, 0.25) is 0 Å².